The van der Waals surface area contributed by atoms with Crippen molar-refractivity contribution in [2.45, 2.75) is 31.7 Å². The van der Waals surface area contributed by atoms with Gasteiger partial charge in [-0.3, -0.25) is 0 Å². The lowest BCUT2D eigenvalue weighted by Crippen LogP contribution is -2.46. The predicted octanol–water partition coefficient (Wildman–Crippen LogP) is 5.05. The zero-order valence-electron chi connectivity index (χ0n) is 15.2. The Morgan fingerprint density at radius 2 is 1.96 bits per heavy atom. The molecule has 7 heteroatoms. The first-order chi connectivity index (χ1) is 12.7. The van der Waals surface area contributed by atoms with Crippen LogP contribution in [-0.4, -0.2) is 20.1 Å². The van der Waals surface area contributed by atoms with Crippen molar-refractivity contribution in [3.05, 3.63) is 47.5 Å². The van der Waals surface area contributed by atoms with Gasteiger partial charge in [0.25, 0.3) is 0 Å². The summed E-state index contributed by atoms with van der Waals surface area (Å²) in [5, 5.41) is 3.48. The normalized spacial score (nSPS) is 22.4. The van der Waals surface area contributed by atoms with Gasteiger partial charge in [-0.15, -0.1) is 13.2 Å². The molecule has 2 aromatic rings. The summed E-state index contributed by atoms with van der Waals surface area (Å²) in [7, 11) is 1.61. The van der Waals surface area contributed by atoms with Gasteiger partial charge in [0.2, 0.25) is 0 Å². The topological polar surface area (TPSA) is 39.7 Å². The van der Waals surface area contributed by atoms with Crippen LogP contribution < -0.4 is 19.5 Å². The highest BCUT2D eigenvalue weighted by atomic mass is 19.4. The van der Waals surface area contributed by atoms with Gasteiger partial charge in [-0.05, 0) is 35.9 Å². The predicted molar refractivity (Wildman–Crippen MR) is 94.5 cm³/mol. The number of rotatable bonds is 2. The van der Waals surface area contributed by atoms with Crippen LogP contribution in [0.3, 0.4) is 0 Å². The number of methoxy groups -OCH3 is 1. The van der Waals surface area contributed by atoms with Gasteiger partial charge < -0.3 is 19.5 Å². The van der Waals surface area contributed by atoms with E-state index in [4.69, 9.17) is 9.47 Å². The summed E-state index contributed by atoms with van der Waals surface area (Å²) in [4.78, 5) is 0. The number of benzene rings is 2. The van der Waals surface area contributed by atoms with E-state index >= 15 is 0 Å². The van der Waals surface area contributed by atoms with E-state index in [1.54, 1.807) is 13.2 Å². The lowest BCUT2D eigenvalue weighted by molar-refractivity contribution is -0.274. The molecule has 4 nitrogen and oxygen atoms in total. The minimum atomic E-state index is -4.72. The average Bonchev–Trinajstić information content (AvgIpc) is 2.60. The molecule has 0 aliphatic carbocycles. The maximum Gasteiger partial charge on any atom is 0.573 e. The van der Waals surface area contributed by atoms with Crippen LogP contribution in [0.25, 0.3) is 0 Å². The minimum Gasteiger partial charge on any atom is -0.496 e. The highest BCUT2D eigenvalue weighted by molar-refractivity contribution is 5.64. The number of alkyl halides is 3. The van der Waals surface area contributed by atoms with Gasteiger partial charge >= 0.3 is 6.36 Å². The Hall–Kier alpha value is -2.57. The van der Waals surface area contributed by atoms with E-state index in [9.17, 15) is 13.2 Å². The molecule has 0 saturated heterocycles. The third kappa shape index (κ3) is 2.95. The van der Waals surface area contributed by atoms with Crippen molar-refractivity contribution in [3.63, 3.8) is 0 Å². The molecule has 0 spiro atoms. The summed E-state index contributed by atoms with van der Waals surface area (Å²) in [6, 6.07) is 10.0. The molecule has 2 atom stereocenters. The molecule has 0 saturated carbocycles. The Bertz CT molecular complexity index is 865. The van der Waals surface area contributed by atoms with Crippen molar-refractivity contribution in [1.29, 1.82) is 0 Å². The Balaban J connectivity index is 1.79. The van der Waals surface area contributed by atoms with Crippen LogP contribution in [0.4, 0.5) is 18.9 Å². The first kappa shape index (κ1) is 17.8. The molecule has 144 valence electrons. The largest absolute Gasteiger partial charge is 0.573 e. The number of halogens is 3. The van der Waals surface area contributed by atoms with Crippen LogP contribution in [0.2, 0.25) is 0 Å². The fraction of sp³-hybridized carbons (Fsp3) is 0.400. The fourth-order valence-corrected chi connectivity index (χ4v) is 4.16. The second-order valence-corrected chi connectivity index (χ2v) is 7.39. The van der Waals surface area contributed by atoms with E-state index in [2.05, 4.69) is 10.1 Å². The fourth-order valence-electron chi connectivity index (χ4n) is 4.16. The van der Waals surface area contributed by atoms with Gasteiger partial charge in [-0.2, -0.15) is 0 Å². The Morgan fingerprint density at radius 1 is 1.19 bits per heavy atom. The third-order valence-electron chi connectivity index (χ3n) is 5.53. The van der Waals surface area contributed by atoms with Gasteiger partial charge in [-0.25, -0.2) is 0 Å². The van der Waals surface area contributed by atoms with Gasteiger partial charge in [0.15, 0.2) is 0 Å². The number of nitrogens with one attached hydrogen (secondary N) is 1. The first-order valence-corrected chi connectivity index (χ1v) is 8.67. The molecule has 0 aromatic heterocycles. The first-order valence-electron chi connectivity index (χ1n) is 8.67. The standard InChI is InChI=1S/C20H20F3NO3/c1-19(2)12-9-11(27-20(21,22)23)7-8-14(12)24-18-13(19)10-26-16-6-4-5-15(25-3)17(16)18/h4-9,13,18,24H,10H2,1-3H3/t13-,18-/m0/s1. The number of ether oxygens (including phenoxy) is 3. The third-order valence-corrected chi connectivity index (χ3v) is 5.53. The minimum absolute atomic E-state index is 0.00920. The monoisotopic (exact) mass is 379 g/mol. The van der Waals surface area contributed by atoms with Crippen LogP contribution in [0, 0.1) is 5.92 Å². The molecular formula is C20H20F3NO3. The molecule has 0 radical (unpaired) electrons. The van der Waals surface area contributed by atoms with Crippen molar-refractivity contribution in [2.75, 3.05) is 19.0 Å². The Kier molecular flexibility index (Phi) is 3.94. The van der Waals surface area contributed by atoms with Crippen LogP contribution in [-0.2, 0) is 5.41 Å². The number of anilines is 1. The summed E-state index contributed by atoms with van der Waals surface area (Å²) >= 11 is 0. The van der Waals surface area contributed by atoms with E-state index in [0.29, 0.717) is 6.61 Å². The van der Waals surface area contributed by atoms with Crippen molar-refractivity contribution in [3.8, 4) is 17.2 Å². The van der Waals surface area contributed by atoms with E-state index in [1.165, 1.54) is 12.1 Å². The summed E-state index contributed by atoms with van der Waals surface area (Å²) in [6.45, 7) is 4.49. The number of fused-ring (bicyclic) bond motifs is 4. The maximum absolute atomic E-state index is 12.6. The molecule has 0 unspecified atom stereocenters. The summed E-state index contributed by atoms with van der Waals surface area (Å²) in [6.07, 6.45) is -4.72. The molecule has 2 aliphatic heterocycles. The van der Waals surface area contributed by atoms with Gasteiger partial charge in [0.05, 0.1) is 25.3 Å². The summed E-state index contributed by atoms with van der Waals surface area (Å²) in [5.41, 5.74) is 2.06. The zero-order valence-corrected chi connectivity index (χ0v) is 15.2. The van der Waals surface area contributed by atoms with Crippen molar-refractivity contribution >= 4 is 5.69 Å². The highest BCUT2D eigenvalue weighted by Crippen LogP contribution is 2.54. The summed E-state index contributed by atoms with van der Waals surface area (Å²) in [5.74, 6) is 1.28. The average molecular weight is 379 g/mol. The molecule has 2 heterocycles. The lowest BCUT2D eigenvalue weighted by atomic mass is 9.65. The van der Waals surface area contributed by atoms with Crippen LogP contribution >= 0.6 is 0 Å². The molecule has 27 heavy (non-hydrogen) atoms. The van der Waals surface area contributed by atoms with Crippen molar-refractivity contribution < 1.29 is 27.4 Å². The van der Waals surface area contributed by atoms with Gasteiger partial charge in [-0.1, -0.05) is 19.9 Å². The maximum atomic E-state index is 12.6. The molecule has 0 fully saturated rings. The smallest absolute Gasteiger partial charge is 0.496 e. The molecular weight excluding hydrogens is 359 g/mol. The van der Waals surface area contributed by atoms with E-state index in [1.807, 2.05) is 32.0 Å². The van der Waals surface area contributed by atoms with E-state index in [-0.39, 0.29) is 17.7 Å². The van der Waals surface area contributed by atoms with Crippen molar-refractivity contribution in [2.24, 2.45) is 5.92 Å². The second kappa shape index (κ2) is 5.97. The Labute approximate surface area is 155 Å². The van der Waals surface area contributed by atoms with E-state index < -0.39 is 11.8 Å². The molecule has 2 aromatic carbocycles. The lowest BCUT2D eigenvalue weighted by Gasteiger charge is -2.48. The van der Waals surface area contributed by atoms with Crippen LogP contribution in [0.5, 0.6) is 17.2 Å². The van der Waals surface area contributed by atoms with E-state index in [0.717, 1.165) is 28.3 Å². The highest BCUT2D eigenvalue weighted by Gasteiger charge is 2.47. The zero-order chi connectivity index (χ0) is 19.4. The SMILES string of the molecule is COc1cccc2c1[C@H]1Nc3ccc(OC(F)(F)F)cc3C(C)(C)[C@H]1CO2. The number of hydrogen-bond donors (Lipinski definition) is 1. The summed E-state index contributed by atoms with van der Waals surface area (Å²) < 4.78 is 53.4. The second-order valence-electron chi connectivity index (χ2n) is 7.39. The molecule has 1 N–H and O–H groups in total. The molecule has 0 bridgehead atoms. The number of hydrogen-bond acceptors (Lipinski definition) is 4. The molecule has 0 amide bonds. The quantitative estimate of drug-likeness (QED) is 0.793. The van der Waals surface area contributed by atoms with Crippen molar-refractivity contribution in [1.82, 2.24) is 0 Å². The van der Waals surface area contributed by atoms with Gasteiger partial charge in [0.1, 0.15) is 17.2 Å². The Morgan fingerprint density at radius 3 is 2.67 bits per heavy atom. The molecule has 4 rings (SSSR count). The van der Waals surface area contributed by atoms with Crippen LogP contribution in [0.15, 0.2) is 36.4 Å². The molecule has 2 aliphatic rings. The van der Waals surface area contributed by atoms with Gasteiger partial charge in [0, 0.05) is 17.0 Å². The van der Waals surface area contributed by atoms with Crippen LogP contribution in [0.1, 0.15) is 31.0 Å².